The molecule has 2 aliphatic rings. The highest BCUT2D eigenvalue weighted by atomic mass is 16.8. The van der Waals surface area contributed by atoms with Gasteiger partial charge in [-0.25, -0.2) is 0 Å². The molecule has 2 atom stereocenters. The monoisotopic (exact) mass is 230 g/mol. The summed E-state index contributed by atoms with van der Waals surface area (Å²) in [6.07, 6.45) is 1.01. The maximum Gasteiger partial charge on any atom is 0.209 e. The van der Waals surface area contributed by atoms with Gasteiger partial charge in [-0.15, -0.1) is 0 Å². The molecule has 0 aromatic heterocycles. The molecule has 0 bridgehead atoms. The van der Waals surface area contributed by atoms with Crippen molar-refractivity contribution in [3.05, 3.63) is 0 Å². The number of hydrogen-bond acceptors (Lipinski definition) is 4. The van der Waals surface area contributed by atoms with Crippen LogP contribution in [0, 0.1) is 0 Å². The number of hydrogen-bond donors (Lipinski definition) is 0. The van der Waals surface area contributed by atoms with Crippen LogP contribution in [0.4, 0.5) is 0 Å². The zero-order valence-electron chi connectivity index (χ0n) is 10.6. The molecule has 2 rings (SSSR count). The van der Waals surface area contributed by atoms with Gasteiger partial charge in [0.25, 0.3) is 0 Å². The minimum absolute atomic E-state index is 0.156. The third-order valence-electron chi connectivity index (χ3n) is 3.07. The summed E-state index contributed by atoms with van der Waals surface area (Å²) in [5.74, 6) is 0. The Morgan fingerprint density at radius 1 is 0.750 bits per heavy atom. The van der Waals surface area contributed by atoms with Crippen LogP contribution in [-0.2, 0) is 18.9 Å². The fourth-order valence-corrected chi connectivity index (χ4v) is 1.92. The Morgan fingerprint density at radius 2 is 1.12 bits per heavy atom. The molecule has 4 nitrogen and oxygen atoms in total. The molecule has 0 amide bonds. The first-order valence-corrected chi connectivity index (χ1v) is 5.97. The second kappa shape index (κ2) is 4.26. The van der Waals surface area contributed by atoms with Crippen molar-refractivity contribution in [3.63, 3.8) is 0 Å². The molecule has 0 N–H and O–H groups in total. The van der Waals surface area contributed by atoms with Gasteiger partial charge in [0.05, 0.1) is 24.4 Å². The van der Waals surface area contributed by atoms with Crippen molar-refractivity contribution in [2.24, 2.45) is 0 Å². The largest absolute Gasteiger partial charge is 0.348 e. The molecule has 0 aromatic carbocycles. The smallest absolute Gasteiger partial charge is 0.209 e. The quantitative estimate of drug-likeness (QED) is 0.691. The van der Waals surface area contributed by atoms with Crippen LogP contribution in [0.3, 0.4) is 0 Å². The molecule has 2 heterocycles. The average Bonchev–Trinajstić information content (AvgIpc) is 2.14. The summed E-state index contributed by atoms with van der Waals surface area (Å²) in [5, 5.41) is 0. The van der Waals surface area contributed by atoms with E-state index < -0.39 is 12.6 Å². The fraction of sp³-hybridized carbons (Fsp3) is 1.00. The van der Waals surface area contributed by atoms with E-state index in [0.29, 0.717) is 13.2 Å². The third-order valence-corrected chi connectivity index (χ3v) is 3.07. The highest BCUT2D eigenvalue weighted by Gasteiger charge is 2.40. The van der Waals surface area contributed by atoms with E-state index in [1.54, 1.807) is 0 Å². The zero-order chi connectivity index (χ0) is 11.8. The second-order valence-electron chi connectivity index (χ2n) is 5.73. The van der Waals surface area contributed by atoms with Gasteiger partial charge in [0.1, 0.15) is 0 Å². The van der Waals surface area contributed by atoms with E-state index in [2.05, 4.69) is 27.7 Å². The van der Waals surface area contributed by atoms with Gasteiger partial charge in [-0.2, -0.15) is 0 Å². The number of rotatable bonds is 1. The van der Waals surface area contributed by atoms with Gasteiger partial charge in [-0.3, -0.25) is 0 Å². The molecule has 0 aliphatic carbocycles. The topological polar surface area (TPSA) is 36.9 Å². The summed E-state index contributed by atoms with van der Waals surface area (Å²) in [6, 6.07) is 0. The van der Waals surface area contributed by atoms with E-state index in [-0.39, 0.29) is 11.2 Å². The molecule has 4 heteroatoms. The molecule has 2 aliphatic heterocycles. The van der Waals surface area contributed by atoms with Crippen LogP contribution in [0.2, 0.25) is 0 Å². The minimum atomic E-state index is -0.400. The summed E-state index contributed by atoms with van der Waals surface area (Å²) in [7, 11) is 0. The normalized spacial score (nSPS) is 38.2. The Labute approximate surface area is 97.2 Å². The number of ether oxygens (including phenoxy) is 4. The summed E-state index contributed by atoms with van der Waals surface area (Å²) in [4.78, 5) is 0. The van der Waals surface area contributed by atoms with Crippen molar-refractivity contribution in [2.75, 3.05) is 13.2 Å². The maximum absolute atomic E-state index is 5.83. The summed E-state index contributed by atoms with van der Waals surface area (Å²) in [6.45, 7) is 9.66. The van der Waals surface area contributed by atoms with Crippen LogP contribution in [0.5, 0.6) is 0 Å². The lowest BCUT2D eigenvalue weighted by Gasteiger charge is -2.43. The Morgan fingerprint density at radius 3 is 1.44 bits per heavy atom. The molecular formula is C12H22O4. The first-order valence-electron chi connectivity index (χ1n) is 5.97. The van der Waals surface area contributed by atoms with Crippen LogP contribution in [0.15, 0.2) is 0 Å². The zero-order valence-corrected chi connectivity index (χ0v) is 10.6. The molecule has 0 saturated carbocycles. The van der Waals surface area contributed by atoms with Crippen molar-refractivity contribution >= 4 is 0 Å². The predicted molar refractivity (Wildman–Crippen MR) is 59.0 cm³/mol. The average molecular weight is 230 g/mol. The predicted octanol–water partition coefficient (Wildman–Crippen LogP) is 2.07. The lowest BCUT2D eigenvalue weighted by molar-refractivity contribution is -0.366. The molecule has 0 radical (unpaired) electrons. The van der Waals surface area contributed by atoms with E-state index in [0.717, 1.165) is 12.8 Å². The van der Waals surface area contributed by atoms with Gasteiger partial charge < -0.3 is 18.9 Å². The summed E-state index contributed by atoms with van der Waals surface area (Å²) >= 11 is 0. The van der Waals surface area contributed by atoms with Crippen LogP contribution >= 0.6 is 0 Å². The highest BCUT2D eigenvalue weighted by molar-refractivity contribution is 4.78. The molecule has 2 fully saturated rings. The van der Waals surface area contributed by atoms with Gasteiger partial charge in [0.15, 0.2) is 0 Å². The Balaban J connectivity index is 1.96. The van der Waals surface area contributed by atoms with Gasteiger partial charge in [-0.05, 0) is 40.5 Å². The lowest BCUT2D eigenvalue weighted by Crippen LogP contribution is -2.51. The van der Waals surface area contributed by atoms with E-state index in [1.165, 1.54) is 0 Å². The highest BCUT2D eigenvalue weighted by Crippen LogP contribution is 2.31. The Kier molecular flexibility index (Phi) is 3.27. The van der Waals surface area contributed by atoms with Crippen molar-refractivity contribution in [2.45, 2.75) is 64.3 Å². The summed E-state index contributed by atoms with van der Waals surface area (Å²) < 4.78 is 22.8. The van der Waals surface area contributed by atoms with E-state index in [4.69, 9.17) is 18.9 Å². The minimum Gasteiger partial charge on any atom is -0.348 e. The maximum atomic E-state index is 5.83. The molecule has 0 unspecified atom stereocenters. The van der Waals surface area contributed by atoms with Crippen LogP contribution in [0.1, 0.15) is 40.5 Å². The van der Waals surface area contributed by atoms with Gasteiger partial charge in [0.2, 0.25) is 12.6 Å². The molecular weight excluding hydrogens is 208 g/mol. The molecule has 0 aromatic rings. The van der Waals surface area contributed by atoms with Crippen molar-refractivity contribution < 1.29 is 18.9 Å². The van der Waals surface area contributed by atoms with E-state index >= 15 is 0 Å². The first-order chi connectivity index (χ1) is 7.38. The molecule has 2 saturated heterocycles. The van der Waals surface area contributed by atoms with Crippen molar-refractivity contribution in [1.82, 2.24) is 0 Å². The van der Waals surface area contributed by atoms with Gasteiger partial charge in [-0.1, -0.05) is 0 Å². The van der Waals surface area contributed by atoms with Crippen LogP contribution in [-0.4, -0.2) is 37.0 Å². The standard InChI is InChI=1S/C12H22O4/c1-11(2)5-7-13-9(15-11)10-14-8-6-12(3,4)16-10/h9-10H,5-8H2,1-4H3/t9-,10+. The molecule has 94 valence electrons. The third kappa shape index (κ3) is 2.94. The Bertz CT molecular complexity index is 223. The Hall–Kier alpha value is -0.160. The van der Waals surface area contributed by atoms with Crippen molar-refractivity contribution in [3.8, 4) is 0 Å². The SMILES string of the molecule is CC1(C)CCO[C@@H]([C@H]2OCCC(C)(C)O2)O1. The lowest BCUT2D eigenvalue weighted by atomic mass is 10.0. The van der Waals surface area contributed by atoms with E-state index in [9.17, 15) is 0 Å². The van der Waals surface area contributed by atoms with Crippen LogP contribution < -0.4 is 0 Å². The van der Waals surface area contributed by atoms with Crippen molar-refractivity contribution in [1.29, 1.82) is 0 Å². The first kappa shape index (κ1) is 12.3. The molecule has 16 heavy (non-hydrogen) atoms. The fourth-order valence-electron chi connectivity index (χ4n) is 1.92. The van der Waals surface area contributed by atoms with E-state index in [1.807, 2.05) is 0 Å². The summed E-state index contributed by atoms with van der Waals surface area (Å²) in [5.41, 5.74) is -0.311. The van der Waals surface area contributed by atoms with Crippen LogP contribution in [0.25, 0.3) is 0 Å². The second-order valence-corrected chi connectivity index (χ2v) is 5.73. The van der Waals surface area contributed by atoms with Gasteiger partial charge in [0, 0.05) is 0 Å². The van der Waals surface area contributed by atoms with Gasteiger partial charge >= 0.3 is 0 Å². The molecule has 0 spiro atoms.